The van der Waals surface area contributed by atoms with E-state index in [2.05, 4.69) is 0 Å². The highest BCUT2D eigenvalue weighted by Gasteiger charge is 2.23. The maximum absolute atomic E-state index is 12.6. The van der Waals surface area contributed by atoms with Crippen LogP contribution in [0.25, 0.3) is 0 Å². The quantitative estimate of drug-likeness (QED) is 0.885. The van der Waals surface area contributed by atoms with E-state index < -0.39 is 9.84 Å². The van der Waals surface area contributed by atoms with Crippen molar-refractivity contribution in [2.45, 2.75) is 23.6 Å². The Labute approximate surface area is 111 Å². The number of benzene rings is 2. The van der Waals surface area contributed by atoms with Crippen LogP contribution in [0.3, 0.4) is 0 Å². The first-order valence-electron chi connectivity index (χ1n) is 5.66. The molecule has 2 aromatic carbocycles. The predicted octanol–water partition coefficient (Wildman–Crippen LogP) is 2.55. The van der Waals surface area contributed by atoms with Crippen LogP contribution < -0.4 is 0 Å². The van der Waals surface area contributed by atoms with Crippen LogP contribution in [0.1, 0.15) is 11.1 Å². The molecule has 0 saturated heterocycles. The Hall–Kier alpha value is -2.01. The van der Waals surface area contributed by atoms with E-state index in [-0.39, 0.29) is 21.3 Å². The van der Waals surface area contributed by atoms with Gasteiger partial charge in [-0.1, -0.05) is 18.2 Å². The van der Waals surface area contributed by atoms with Crippen LogP contribution in [0.2, 0.25) is 0 Å². The first-order valence-corrected chi connectivity index (χ1v) is 7.15. The number of phenols is 2. The van der Waals surface area contributed by atoms with E-state index in [1.54, 1.807) is 32.0 Å². The van der Waals surface area contributed by atoms with Gasteiger partial charge in [0.2, 0.25) is 9.84 Å². The molecule has 0 atom stereocenters. The summed E-state index contributed by atoms with van der Waals surface area (Å²) in [6, 6.07) is 8.54. The highest BCUT2D eigenvalue weighted by atomic mass is 32.2. The molecule has 2 rings (SSSR count). The molecule has 0 aliphatic rings. The van der Waals surface area contributed by atoms with E-state index in [0.717, 1.165) is 18.2 Å². The second kappa shape index (κ2) is 4.59. The molecule has 0 amide bonds. The van der Waals surface area contributed by atoms with Crippen molar-refractivity contribution in [2.75, 3.05) is 0 Å². The van der Waals surface area contributed by atoms with Gasteiger partial charge in [-0.25, -0.2) is 8.42 Å². The average Bonchev–Trinajstić information content (AvgIpc) is 2.26. The van der Waals surface area contributed by atoms with Crippen LogP contribution in [0.15, 0.2) is 46.2 Å². The lowest BCUT2D eigenvalue weighted by atomic mass is 10.2. The topological polar surface area (TPSA) is 74.6 Å². The third-order valence-electron chi connectivity index (χ3n) is 2.86. The molecule has 19 heavy (non-hydrogen) atoms. The van der Waals surface area contributed by atoms with Gasteiger partial charge in [-0.05, 0) is 37.1 Å². The Morgan fingerprint density at radius 1 is 0.895 bits per heavy atom. The maximum Gasteiger partial charge on any atom is 0.207 e. The maximum atomic E-state index is 12.6. The summed E-state index contributed by atoms with van der Waals surface area (Å²) < 4.78 is 25.1. The van der Waals surface area contributed by atoms with Crippen LogP contribution in [0.5, 0.6) is 11.5 Å². The number of aryl methyl sites for hydroxylation is 2. The minimum Gasteiger partial charge on any atom is -0.508 e. The molecule has 0 aliphatic heterocycles. The zero-order valence-corrected chi connectivity index (χ0v) is 11.4. The summed E-state index contributed by atoms with van der Waals surface area (Å²) in [6.45, 7) is 3.42. The molecule has 5 heteroatoms. The van der Waals surface area contributed by atoms with Gasteiger partial charge in [-0.15, -0.1) is 0 Å². The zero-order chi connectivity index (χ0) is 14.2. The molecule has 0 spiro atoms. The van der Waals surface area contributed by atoms with Crippen molar-refractivity contribution in [3.63, 3.8) is 0 Å². The third-order valence-corrected chi connectivity index (χ3v) is 4.90. The molecule has 2 N–H and O–H groups in total. The average molecular weight is 278 g/mol. The van der Waals surface area contributed by atoms with Crippen molar-refractivity contribution >= 4 is 9.84 Å². The molecule has 100 valence electrons. The first kappa shape index (κ1) is 13.4. The zero-order valence-electron chi connectivity index (χ0n) is 10.6. The van der Waals surface area contributed by atoms with Crippen molar-refractivity contribution in [3.8, 4) is 11.5 Å². The number of aromatic hydroxyl groups is 2. The minimum absolute atomic E-state index is 0.123. The number of hydrogen-bond donors (Lipinski definition) is 2. The molecule has 0 fully saturated rings. The normalized spacial score (nSPS) is 11.5. The molecular formula is C14H14O4S. The highest BCUT2D eigenvalue weighted by Crippen LogP contribution is 2.31. The Morgan fingerprint density at radius 2 is 1.37 bits per heavy atom. The van der Waals surface area contributed by atoms with Crippen LogP contribution in [0, 0.1) is 13.8 Å². The lowest BCUT2D eigenvalue weighted by Crippen LogP contribution is -2.06. The molecule has 0 aromatic heterocycles. The van der Waals surface area contributed by atoms with Gasteiger partial charge in [-0.3, -0.25) is 0 Å². The lowest BCUT2D eigenvalue weighted by molar-refractivity contribution is 0.447. The number of sulfone groups is 1. The predicted molar refractivity (Wildman–Crippen MR) is 71.1 cm³/mol. The smallest absolute Gasteiger partial charge is 0.207 e. The molecule has 0 heterocycles. The summed E-state index contributed by atoms with van der Waals surface area (Å²) in [5, 5.41) is 18.8. The summed E-state index contributed by atoms with van der Waals surface area (Å²) >= 11 is 0. The molecule has 0 bridgehead atoms. The van der Waals surface area contributed by atoms with Crippen molar-refractivity contribution in [1.82, 2.24) is 0 Å². The molecule has 4 nitrogen and oxygen atoms in total. The molecule has 2 aromatic rings. The van der Waals surface area contributed by atoms with Crippen LogP contribution in [0.4, 0.5) is 0 Å². The number of phenolic OH excluding ortho intramolecular Hbond substituents is 2. The number of hydrogen-bond acceptors (Lipinski definition) is 4. The van der Waals surface area contributed by atoms with E-state index in [1.807, 2.05) is 0 Å². The Kier molecular flexibility index (Phi) is 3.24. The van der Waals surface area contributed by atoms with E-state index in [9.17, 15) is 18.6 Å². The molecule has 0 radical (unpaired) electrons. The first-order chi connectivity index (χ1) is 8.82. The summed E-state index contributed by atoms with van der Waals surface area (Å²) in [6.07, 6.45) is 0. The van der Waals surface area contributed by atoms with Crippen molar-refractivity contribution in [1.29, 1.82) is 0 Å². The Bertz CT molecular complexity index is 693. The summed E-state index contributed by atoms with van der Waals surface area (Å²) in [5.74, 6) is -0.574. The van der Waals surface area contributed by atoms with Crippen LogP contribution >= 0.6 is 0 Å². The summed E-state index contributed by atoms with van der Waals surface area (Å²) in [4.78, 5) is 0.0856. The molecule has 0 saturated carbocycles. The fraction of sp³-hybridized carbons (Fsp3) is 0.143. The molecular weight excluding hydrogens is 264 g/mol. The minimum atomic E-state index is -3.77. The fourth-order valence-corrected chi connectivity index (χ4v) is 3.84. The van der Waals surface area contributed by atoms with Crippen LogP contribution in [-0.2, 0) is 9.84 Å². The van der Waals surface area contributed by atoms with Gasteiger partial charge in [0, 0.05) is 6.07 Å². The summed E-state index contributed by atoms with van der Waals surface area (Å²) in [5.41, 5.74) is 1.26. The molecule has 0 aliphatic carbocycles. The van der Waals surface area contributed by atoms with Crippen LogP contribution in [-0.4, -0.2) is 18.6 Å². The third kappa shape index (κ3) is 2.42. The standard InChI is InChI=1S/C14H14O4S/c1-9-4-3-5-10(2)14(9)19(17,18)13-7-11(15)6-12(16)8-13/h3-8,15-16H,1-2H3. The van der Waals surface area contributed by atoms with Gasteiger partial charge >= 0.3 is 0 Å². The van der Waals surface area contributed by atoms with Crippen molar-refractivity contribution in [2.24, 2.45) is 0 Å². The highest BCUT2D eigenvalue weighted by molar-refractivity contribution is 7.91. The van der Waals surface area contributed by atoms with Gasteiger partial charge in [0.05, 0.1) is 9.79 Å². The monoisotopic (exact) mass is 278 g/mol. The Balaban J connectivity index is 2.73. The van der Waals surface area contributed by atoms with E-state index in [0.29, 0.717) is 11.1 Å². The van der Waals surface area contributed by atoms with Gasteiger partial charge in [0.15, 0.2) is 0 Å². The second-order valence-electron chi connectivity index (χ2n) is 4.41. The SMILES string of the molecule is Cc1cccc(C)c1S(=O)(=O)c1cc(O)cc(O)c1. The second-order valence-corrected chi connectivity index (χ2v) is 6.30. The number of rotatable bonds is 2. The van der Waals surface area contributed by atoms with Gasteiger partial charge in [0.25, 0.3) is 0 Å². The van der Waals surface area contributed by atoms with E-state index in [1.165, 1.54) is 0 Å². The van der Waals surface area contributed by atoms with E-state index >= 15 is 0 Å². The lowest BCUT2D eigenvalue weighted by Gasteiger charge is -2.11. The fourth-order valence-electron chi connectivity index (χ4n) is 2.06. The summed E-state index contributed by atoms with van der Waals surface area (Å²) in [7, 11) is -3.77. The van der Waals surface area contributed by atoms with Gasteiger partial charge in [0.1, 0.15) is 11.5 Å². The van der Waals surface area contributed by atoms with Crippen molar-refractivity contribution in [3.05, 3.63) is 47.5 Å². The van der Waals surface area contributed by atoms with Gasteiger partial charge < -0.3 is 10.2 Å². The largest absolute Gasteiger partial charge is 0.508 e. The van der Waals surface area contributed by atoms with Gasteiger partial charge in [-0.2, -0.15) is 0 Å². The molecule has 0 unspecified atom stereocenters. The Morgan fingerprint density at radius 3 is 1.84 bits per heavy atom. The van der Waals surface area contributed by atoms with Crippen molar-refractivity contribution < 1.29 is 18.6 Å². The van der Waals surface area contributed by atoms with E-state index in [4.69, 9.17) is 0 Å².